The van der Waals surface area contributed by atoms with Crippen molar-refractivity contribution in [2.75, 3.05) is 10.8 Å². The summed E-state index contributed by atoms with van der Waals surface area (Å²) in [7, 11) is -4.03. The second-order valence-corrected chi connectivity index (χ2v) is 9.64. The first-order chi connectivity index (χ1) is 14.9. The third kappa shape index (κ3) is 6.37. The number of benzene rings is 2. The van der Waals surface area contributed by atoms with Gasteiger partial charge in [0.1, 0.15) is 12.4 Å². The number of sulfonamides is 1. The van der Waals surface area contributed by atoms with Crippen molar-refractivity contribution in [1.29, 1.82) is 0 Å². The van der Waals surface area contributed by atoms with Crippen molar-refractivity contribution in [3.05, 3.63) is 59.9 Å². The Hall–Kier alpha value is -2.74. The Morgan fingerprint density at radius 1 is 0.968 bits per heavy atom. The number of aryl methyl sites for hydroxylation is 1. The van der Waals surface area contributed by atoms with Crippen molar-refractivity contribution in [3.63, 3.8) is 0 Å². The van der Waals surface area contributed by atoms with E-state index in [4.69, 9.17) is 0 Å². The van der Waals surface area contributed by atoms with Crippen LogP contribution in [0.4, 0.5) is 10.1 Å². The fourth-order valence-electron chi connectivity index (χ4n) is 3.49. The summed E-state index contributed by atoms with van der Waals surface area (Å²) in [5.41, 5.74) is 4.57. The Kier molecular flexibility index (Phi) is 7.79. The van der Waals surface area contributed by atoms with Crippen molar-refractivity contribution in [2.24, 2.45) is 5.10 Å². The minimum Gasteiger partial charge on any atom is -0.271 e. The fraction of sp³-hybridized carbons (Fsp3) is 0.391. The molecule has 6 nitrogen and oxygen atoms in total. The van der Waals surface area contributed by atoms with E-state index < -0.39 is 28.3 Å². The quantitative estimate of drug-likeness (QED) is 0.663. The fourth-order valence-corrected chi connectivity index (χ4v) is 4.91. The number of hydrogen-bond acceptors (Lipinski definition) is 4. The van der Waals surface area contributed by atoms with E-state index in [1.165, 1.54) is 42.8 Å². The van der Waals surface area contributed by atoms with Crippen LogP contribution in [0.3, 0.4) is 0 Å². The molecule has 0 unspecified atom stereocenters. The van der Waals surface area contributed by atoms with Gasteiger partial charge in [-0.15, -0.1) is 0 Å². The molecular formula is C23H28FN3O3S. The van der Waals surface area contributed by atoms with E-state index in [0.29, 0.717) is 0 Å². The van der Waals surface area contributed by atoms with Gasteiger partial charge in [0.05, 0.1) is 10.6 Å². The summed E-state index contributed by atoms with van der Waals surface area (Å²) in [5, 5.41) is 4.25. The highest BCUT2D eigenvalue weighted by Gasteiger charge is 2.27. The molecule has 3 rings (SSSR count). The van der Waals surface area contributed by atoms with Crippen LogP contribution >= 0.6 is 0 Å². The lowest BCUT2D eigenvalue weighted by atomic mass is 9.99. The molecule has 0 aliphatic heterocycles. The smallest absolute Gasteiger partial charge is 0.264 e. The second kappa shape index (κ2) is 10.5. The Morgan fingerprint density at radius 2 is 1.55 bits per heavy atom. The van der Waals surface area contributed by atoms with Crippen molar-refractivity contribution in [1.82, 2.24) is 5.43 Å². The van der Waals surface area contributed by atoms with Gasteiger partial charge in [-0.2, -0.15) is 5.10 Å². The summed E-state index contributed by atoms with van der Waals surface area (Å²) in [4.78, 5) is 12.7. The monoisotopic (exact) mass is 445 g/mol. The molecule has 0 bridgehead atoms. The number of halogens is 1. The molecule has 0 heterocycles. The number of carbonyl (C=O) groups excluding carboxylic acids is 1. The van der Waals surface area contributed by atoms with E-state index in [0.717, 1.165) is 54.1 Å². The van der Waals surface area contributed by atoms with Crippen LogP contribution in [0.5, 0.6) is 0 Å². The minimum absolute atomic E-state index is 0.0570. The van der Waals surface area contributed by atoms with Gasteiger partial charge < -0.3 is 0 Å². The van der Waals surface area contributed by atoms with E-state index in [2.05, 4.69) is 10.5 Å². The molecule has 1 amide bonds. The Labute approximate surface area is 183 Å². The lowest BCUT2D eigenvalue weighted by Gasteiger charge is -2.24. The molecule has 0 saturated heterocycles. The highest BCUT2D eigenvalue weighted by atomic mass is 32.2. The predicted octanol–water partition coefficient (Wildman–Crippen LogP) is 4.55. The standard InChI is InChI=1S/C23H28FN3O3S/c1-18-9-15-22(16-10-18)31(29,30)27(21-13-11-19(24)12-14-21)17-23(28)26-25-20-7-5-3-2-4-6-8-20/h9-16H,2-8,17H2,1H3,(H,26,28). The van der Waals surface area contributed by atoms with E-state index in [-0.39, 0.29) is 10.6 Å². The Morgan fingerprint density at radius 3 is 2.16 bits per heavy atom. The zero-order valence-corrected chi connectivity index (χ0v) is 18.5. The van der Waals surface area contributed by atoms with Gasteiger partial charge in [-0.1, -0.05) is 37.0 Å². The zero-order valence-electron chi connectivity index (χ0n) is 17.7. The molecule has 31 heavy (non-hydrogen) atoms. The molecule has 2 aromatic carbocycles. The third-order valence-corrected chi connectivity index (χ3v) is 7.07. The number of anilines is 1. The molecule has 0 radical (unpaired) electrons. The molecule has 0 aromatic heterocycles. The highest BCUT2D eigenvalue weighted by molar-refractivity contribution is 7.92. The van der Waals surface area contributed by atoms with Crippen molar-refractivity contribution >= 4 is 27.3 Å². The molecule has 1 aliphatic rings. The maximum Gasteiger partial charge on any atom is 0.264 e. The van der Waals surface area contributed by atoms with Gasteiger partial charge in [-0.25, -0.2) is 18.2 Å². The maximum atomic E-state index is 13.4. The number of carbonyl (C=O) groups is 1. The van der Waals surface area contributed by atoms with Crippen molar-refractivity contribution < 1.29 is 17.6 Å². The second-order valence-electron chi connectivity index (χ2n) is 7.78. The van der Waals surface area contributed by atoms with Gasteiger partial charge in [0.2, 0.25) is 0 Å². The number of hydrogen-bond donors (Lipinski definition) is 1. The Bertz CT molecular complexity index is 1010. The predicted molar refractivity (Wildman–Crippen MR) is 120 cm³/mol. The molecule has 1 N–H and O–H groups in total. The molecule has 1 fully saturated rings. The Balaban J connectivity index is 1.82. The van der Waals surface area contributed by atoms with Gasteiger partial charge in [0, 0.05) is 5.71 Å². The summed E-state index contributed by atoms with van der Waals surface area (Å²) in [6.07, 6.45) is 7.28. The highest BCUT2D eigenvalue weighted by Crippen LogP contribution is 2.24. The van der Waals surface area contributed by atoms with Crippen LogP contribution in [-0.2, 0) is 14.8 Å². The van der Waals surface area contributed by atoms with Crippen LogP contribution < -0.4 is 9.73 Å². The topological polar surface area (TPSA) is 78.8 Å². The van der Waals surface area contributed by atoms with Gasteiger partial charge >= 0.3 is 0 Å². The first-order valence-corrected chi connectivity index (χ1v) is 12.0. The van der Waals surface area contributed by atoms with Gasteiger partial charge in [-0.3, -0.25) is 9.10 Å². The van der Waals surface area contributed by atoms with E-state index >= 15 is 0 Å². The summed E-state index contributed by atoms with van der Waals surface area (Å²) < 4.78 is 40.9. The molecule has 0 spiro atoms. The summed E-state index contributed by atoms with van der Waals surface area (Å²) >= 11 is 0. The van der Waals surface area contributed by atoms with Crippen molar-refractivity contribution in [2.45, 2.75) is 56.8 Å². The van der Waals surface area contributed by atoms with Crippen LogP contribution in [-0.4, -0.2) is 26.6 Å². The molecule has 166 valence electrons. The zero-order chi connectivity index (χ0) is 22.3. The molecule has 1 aliphatic carbocycles. The van der Waals surface area contributed by atoms with Crippen LogP contribution in [0, 0.1) is 12.7 Å². The van der Waals surface area contributed by atoms with Crippen LogP contribution in [0.2, 0.25) is 0 Å². The SMILES string of the molecule is Cc1ccc(S(=O)(=O)N(CC(=O)NN=C2CCCCCCC2)c2ccc(F)cc2)cc1. The van der Waals surface area contributed by atoms with Gasteiger partial charge in [-0.05, 0) is 69.0 Å². The molecule has 1 saturated carbocycles. The summed E-state index contributed by atoms with van der Waals surface area (Å²) in [6.45, 7) is 1.40. The average Bonchev–Trinajstić information content (AvgIpc) is 2.72. The van der Waals surface area contributed by atoms with E-state index in [1.54, 1.807) is 12.1 Å². The van der Waals surface area contributed by atoms with Gasteiger partial charge in [0.15, 0.2) is 0 Å². The van der Waals surface area contributed by atoms with Crippen LogP contribution in [0.15, 0.2) is 58.5 Å². The summed E-state index contributed by atoms with van der Waals surface area (Å²) in [6, 6.07) is 11.4. The number of nitrogens with zero attached hydrogens (tertiary/aromatic N) is 2. The van der Waals surface area contributed by atoms with Crippen LogP contribution in [0.25, 0.3) is 0 Å². The molecule has 0 atom stereocenters. The molecule has 2 aromatic rings. The van der Waals surface area contributed by atoms with E-state index in [9.17, 15) is 17.6 Å². The number of nitrogens with one attached hydrogen (secondary N) is 1. The molecular weight excluding hydrogens is 417 g/mol. The first kappa shape index (κ1) is 22.9. The number of rotatable bonds is 6. The van der Waals surface area contributed by atoms with Crippen LogP contribution in [0.1, 0.15) is 50.5 Å². The molecule has 8 heteroatoms. The normalized spacial score (nSPS) is 15.0. The van der Waals surface area contributed by atoms with Crippen molar-refractivity contribution in [3.8, 4) is 0 Å². The van der Waals surface area contributed by atoms with Gasteiger partial charge in [0.25, 0.3) is 15.9 Å². The van der Waals surface area contributed by atoms with E-state index in [1.807, 2.05) is 6.92 Å². The third-order valence-electron chi connectivity index (χ3n) is 5.28. The lowest BCUT2D eigenvalue weighted by Crippen LogP contribution is -2.39. The minimum atomic E-state index is -4.03. The number of hydrazone groups is 1. The summed E-state index contributed by atoms with van der Waals surface area (Å²) in [5.74, 6) is -1.04. The largest absolute Gasteiger partial charge is 0.271 e. The lowest BCUT2D eigenvalue weighted by molar-refractivity contribution is -0.119. The first-order valence-electron chi connectivity index (χ1n) is 10.6. The maximum absolute atomic E-state index is 13.4. The number of amides is 1. The average molecular weight is 446 g/mol.